The van der Waals surface area contributed by atoms with Crippen molar-refractivity contribution in [3.05, 3.63) is 18.0 Å². The summed E-state index contributed by atoms with van der Waals surface area (Å²) in [6.07, 6.45) is 7.44. The zero-order valence-electron chi connectivity index (χ0n) is 9.39. The van der Waals surface area contributed by atoms with Crippen LogP contribution in [0.2, 0.25) is 0 Å². The van der Waals surface area contributed by atoms with Gasteiger partial charge in [0.05, 0.1) is 6.20 Å². The molecule has 1 saturated heterocycles. The molecule has 1 aromatic heterocycles. The van der Waals surface area contributed by atoms with Gasteiger partial charge in [0, 0.05) is 25.8 Å². The second-order valence-corrected chi connectivity index (χ2v) is 4.45. The first-order valence-corrected chi connectivity index (χ1v) is 5.69. The second-order valence-electron chi connectivity index (χ2n) is 4.45. The first-order valence-electron chi connectivity index (χ1n) is 5.69. The minimum atomic E-state index is 0.430. The molecule has 4 heteroatoms. The molecule has 1 aromatic rings. The smallest absolute Gasteiger partial charge is 0.0522 e. The minimum Gasteiger partial charge on any atom is -0.328 e. The highest BCUT2D eigenvalue weighted by atomic mass is 15.2. The van der Waals surface area contributed by atoms with E-state index in [-0.39, 0.29) is 0 Å². The lowest BCUT2D eigenvalue weighted by Gasteiger charge is -2.29. The highest BCUT2D eigenvalue weighted by Gasteiger charge is 2.15. The van der Waals surface area contributed by atoms with Crippen LogP contribution in [0.3, 0.4) is 0 Å². The summed E-state index contributed by atoms with van der Waals surface area (Å²) in [5, 5.41) is 4.17. The highest BCUT2D eigenvalue weighted by molar-refractivity contribution is 5.04. The molecule has 0 bridgehead atoms. The van der Waals surface area contributed by atoms with Crippen LogP contribution in [-0.4, -0.2) is 40.4 Å². The van der Waals surface area contributed by atoms with Gasteiger partial charge in [-0.15, -0.1) is 0 Å². The third kappa shape index (κ3) is 3.04. The van der Waals surface area contributed by atoms with Gasteiger partial charge in [0.15, 0.2) is 0 Å². The van der Waals surface area contributed by atoms with Gasteiger partial charge >= 0.3 is 0 Å². The van der Waals surface area contributed by atoms with E-state index in [1.54, 1.807) is 0 Å². The van der Waals surface area contributed by atoms with Gasteiger partial charge in [0.2, 0.25) is 0 Å². The summed E-state index contributed by atoms with van der Waals surface area (Å²) >= 11 is 0. The van der Waals surface area contributed by atoms with E-state index in [1.807, 2.05) is 17.9 Å². The largest absolute Gasteiger partial charge is 0.328 e. The van der Waals surface area contributed by atoms with Crippen molar-refractivity contribution in [2.45, 2.75) is 25.3 Å². The molecule has 2 N–H and O–H groups in total. The molecule has 0 radical (unpaired) electrons. The molecular formula is C11H20N4. The fourth-order valence-electron chi connectivity index (χ4n) is 2.06. The number of hydrogen-bond acceptors (Lipinski definition) is 3. The lowest BCUT2D eigenvalue weighted by Crippen LogP contribution is -2.40. The van der Waals surface area contributed by atoms with E-state index in [0.717, 1.165) is 38.9 Å². The predicted molar refractivity (Wildman–Crippen MR) is 60.6 cm³/mol. The third-order valence-corrected chi connectivity index (χ3v) is 3.11. The Morgan fingerprint density at radius 3 is 2.80 bits per heavy atom. The Bertz CT molecular complexity index is 299. The lowest BCUT2D eigenvalue weighted by atomic mass is 10.1. The van der Waals surface area contributed by atoms with Crippen molar-refractivity contribution < 1.29 is 0 Å². The topological polar surface area (TPSA) is 47.1 Å². The van der Waals surface area contributed by atoms with E-state index < -0.39 is 0 Å². The quantitative estimate of drug-likeness (QED) is 0.781. The van der Waals surface area contributed by atoms with Crippen LogP contribution in [-0.2, 0) is 13.5 Å². The van der Waals surface area contributed by atoms with Gasteiger partial charge in [-0.3, -0.25) is 4.68 Å². The van der Waals surface area contributed by atoms with Crippen LogP contribution >= 0.6 is 0 Å². The Labute approximate surface area is 91.1 Å². The Hall–Kier alpha value is -0.870. The van der Waals surface area contributed by atoms with Crippen molar-refractivity contribution in [2.24, 2.45) is 12.8 Å². The normalized spacial score (nSPS) is 19.6. The van der Waals surface area contributed by atoms with Gasteiger partial charge in [-0.2, -0.15) is 5.10 Å². The number of nitrogens with zero attached hydrogens (tertiary/aromatic N) is 3. The number of nitrogens with two attached hydrogens (primary N) is 1. The number of rotatable bonds is 3. The predicted octanol–water partition coefficient (Wildman–Crippen LogP) is 0.386. The molecule has 1 fully saturated rings. The monoisotopic (exact) mass is 208 g/mol. The van der Waals surface area contributed by atoms with Crippen LogP contribution in [0.25, 0.3) is 0 Å². The molecule has 4 nitrogen and oxygen atoms in total. The van der Waals surface area contributed by atoms with E-state index in [0.29, 0.717) is 6.04 Å². The number of piperidine rings is 1. The SMILES string of the molecule is Cn1cc(CCN2CCC(N)CC2)cn1. The van der Waals surface area contributed by atoms with Gasteiger partial charge < -0.3 is 10.6 Å². The third-order valence-electron chi connectivity index (χ3n) is 3.11. The Balaban J connectivity index is 1.74. The molecule has 1 aliphatic rings. The van der Waals surface area contributed by atoms with E-state index in [2.05, 4.69) is 16.2 Å². The summed E-state index contributed by atoms with van der Waals surface area (Å²) in [6.45, 7) is 3.45. The van der Waals surface area contributed by atoms with Gasteiger partial charge in [-0.25, -0.2) is 0 Å². The molecule has 84 valence electrons. The minimum absolute atomic E-state index is 0.430. The van der Waals surface area contributed by atoms with Crippen molar-refractivity contribution in [1.29, 1.82) is 0 Å². The van der Waals surface area contributed by atoms with Crippen molar-refractivity contribution in [3.63, 3.8) is 0 Å². The number of likely N-dealkylation sites (tertiary alicyclic amines) is 1. The van der Waals surface area contributed by atoms with Gasteiger partial charge in [0.25, 0.3) is 0 Å². The highest BCUT2D eigenvalue weighted by Crippen LogP contribution is 2.09. The fourth-order valence-corrected chi connectivity index (χ4v) is 2.06. The van der Waals surface area contributed by atoms with Crippen molar-refractivity contribution in [1.82, 2.24) is 14.7 Å². The summed E-state index contributed by atoms with van der Waals surface area (Å²) in [5.74, 6) is 0. The van der Waals surface area contributed by atoms with Gasteiger partial charge in [-0.1, -0.05) is 0 Å². The van der Waals surface area contributed by atoms with Crippen LogP contribution in [0, 0.1) is 0 Å². The summed E-state index contributed by atoms with van der Waals surface area (Å²) in [6, 6.07) is 0.430. The van der Waals surface area contributed by atoms with Gasteiger partial charge in [0.1, 0.15) is 0 Å². The average molecular weight is 208 g/mol. The molecule has 0 spiro atoms. The molecule has 0 aromatic carbocycles. The summed E-state index contributed by atoms with van der Waals surface area (Å²) in [4.78, 5) is 2.50. The first-order chi connectivity index (χ1) is 7.24. The fraction of sp³-hybridized carbons (Fsp3) is 0.727. The molecule has 15 heavy (non-hydrogen) atoms. The Morgan fingerprint density at radius 2 is 2.20 bits per heavy atom. The van der Waals surface area contributed by atoms with Gasteiger partial charge in [-0.05, 0) is 37.9 Å². The first kappa shape index (κ1) is 10.6. The Kier molecular flexibility index (Phi) is 3.38. The number of aryl methyl sites for hydroxylation is 1. The van der Waals surface area contributed by atoms with E-state index in [9.17, 15) is 0 Å². The molecule has 0 atom stereocenters. The summed E-state index contributed by atoms with van der Waals surface area (Å²) < 4.78 is 1.86. The van der Waals surface area contributed by atoms with Crippen molar-refractivity contribution in [2.75, 3.05) is 19.6 Å². The maximum Gasteiger partial charge on any atom is 0.0522 e. The van der Waals surface area contributed by atoms with Crippen LogP contribution in [0.15, 0.2) is 12.4 Å². The number of aromatic nitrogens is 2. The van der Waals surface area contributed by atoms with E-state index in [4.69, 9.17) is 5.73 Å². The molecule has 2 rings (SSSR count). The molecule has 0 saturated carbocycles. The van der Waals surface area contributed by atoms with Crippen LogP contribution < -0.4 is 5.73 Å². The van der Waals surface area contributed by atoms with Crippen molar-refractivity contribution >= 4 is 0 Å². The van der Waals surface area contributed by atoms with Crippen LogP contribution in [0.1, 0.15) is 18.4 Å². The molecule has 0 aliphatic carbocycles. The molecule has 2 heterocycles. The Morgan fingerprint density at radius 1 is 1.47 bits per heavy atom. The molecular weight excluding hydrogens is 188 g/mol. The van der Waals surface area contributed by atoms with Crippen LogP contribution in [0.5, 0.6) is 0 Å². The molecule has 1 aliphatic heterocycles. The van der Waals surface area contributed by atoms with Crippen molar-refractivity contribution in [3.8, 4) is 0 Å². The second kappa shape index (κ2) is 4.77. The maximum atomic E-state index is 5.87. The molecule has 0 unspecified atom stereocenters. The molecule has 0 amide bonds. The van der Waals surface area contributed by atoms with E-state index in [1.165, 1.54) is 5.56 Å². The lowest BCUT2D eigenvalue weighted by molar-refractivity contribution is 0.215. The summed E-state index contributed by atoms with van der Waals surface area (Å²) in [7, 11) is 1.96. The average Bonchev–Trinajstić information content (AvgIpc) is 2.64. The summed E-state index contributed by atoms with van der Waals surface area (Å²) in [5.41, 5.74) is 7.19. The zero-order chi connectivity index (χ0) is 10.7. The van der Waals surface area contributed by atoms with Crippen LogP contribution in [0.4, 0.5) is 0 Å². The maximum absolute atomic E-state index is 5.87. The van der Waals surface area contributed by atoms with E-state index >= 15 is 0 Å². The standard InChI is InChI=1S/C11H20N4/c1-14-9-10(8-13-14)2-5-15-6-3-11(12)4-7-15/h8-9,11H,2-7,12H2,1H3. The zero-order valence-corrected chi connectivity index (χ0v) is 9.39. The number of hydrogen-bond donors (Lipinski definition) is 1.